The molecule has 0 saturated carbocycles. The van der Waals surface area contributed by atoms with Crippen LogP contribution in [0.5, 0.6) is 0 Å². The van der Waals surface area contributed by atoms with Crippen molar-refractivity contribution in [3.63, 3.8) is 0 Å². The van der Waals surface area contributed by atoms with Gasteiger partial charge in [0.2, 0.25) is 0 Å². The van der Waals surface area contributed by atoms with Crippen molar-refractivity contribution in [3.05, 3.63) is 0 Å². The second-order valence-electron chi connectivity index (χ2n) is 3.15. The van der Waals surface area contributed by atoms with Gasteiger partial charge in [0.1, 0.15) is 0 Å². The van der Waals surface area contributed by atoms with E-state index in [1.807, 2.05) is 0 Å². The number of hydrogen-bond acceptors (Lipinski definition) is 2. The summed E-state index contributed by atoms with van der Waals surface area (Å²) in [5.41, 5.74) is 0. The van der Waals surface area contributed by atoms with Gasteiger partial charge in [0.25, 0.3) is 0 Å². The second kappa shape index (κ2) is 15.1. The Labute approximate surface area is 111 Å². The van der Waals surface area contributed by atoms with Crippen molar-refractivity contribution in [1.82, 2.24) is 9.80 Å². The molecule has 2 nitrogen and oxygen atoms in total. The number of hydrogen-bond donors (Lipinski definition) is 0. The van der Waals surface area contributed by atoms with Crippen LogP contribution in [-0.4, -0.2) is 49.1 Å². The van der Waals surface area contributed by atoms with Crippen LogP contribution in [0.1, 0.15) is 27.7 Å². The van der Waals surface area contributed by atoms with Gasteiger partial charge in [-0.05, 0) is 26.2 Å². The third-order valence-corrected chi connectivity index (χ3v) is 2.52. The Morgan fingerprint density at radius 1 is 0.733 bits per heavy atom. The van der Waals surface area contributed by atoms with Crippen molar-refractivity contribution < 1.29 is 15.1 Å². The molecule has 15 heavy (non-hydrogen) atoms. The van der Waals surface area contributed by atoms with E-state index in [1.165, 1.54) is 39.3 Å². The molecular weight excluding hydrogens is 284 g/mol. The van der Waals surface area contributed by atoms with Crippen molar-refractivity contribution in [2.45, 2.75) is 27.7 Å². The SMILES string of the molecule is CCN(CC)CCN(CC)CC.[Cl][Zn][Cl]. The minimum absolute atomic E-state index is 0.931. The quantitative estimate of drug-likeness (QED) is 0.667. The van der Waals surface area contributed by atoms with Crippen molar-refractivity contribution in [2.24, 2.45) is 0 Å². The first-order chi connectivity index (χ1) is 7.19. The number of nitrogens with zero attached hydrogens (tertiary/aromatic N) is 2. The maximum absolute atomic E-state index is 4.95. The third kappa shape index (κ3) is 13.1. The number of halogens is 2. The molecule has 90 valence electrons. The van der Waals surface area contributed by atoms with E-state index in [0.29, 0.717) is 0 Å². The first kappa shape index (κ1) is 18.5. The molecule has 0 radical (unpaired) electrons. The molecular formula is C10H24Cl2N2Zn. The van der Waals surface area contributed by atoms with Crippen LogP contribution in [-0.2, 0) is 15.1 Å². The third-order valence-electron chi connectivity index (χ3n) is 2.52. The Morgan fingerprint density at radius 2 is 0.933 bits per heavy atom. The zero-order valence-corrected chi connectivity index (χ0v) is 15.1. The summed E-state index contributed by atoms with van der Waals surface area (Å²) in [7, 11) is 9.90. The number of rotatable bonds is 7. The van der Waals surface area contributed by atoms with Crippen molar-refractivity contribution in [1.29, 1.82) is 0 Å². The molecule has 0 heterocycles. The molecule has 0 spiro atoms. The molecule has 5 heteroatoms. The van der Waals surface area contributed by atoms with Gasteiger partial charge in [-0.3, -0.25) is 0 Å². The van der Waals surface area contributed by atoms with E-state index in [9.17, 15) is 0 Å². The van der Waals surface area contributed by atoms with Crippen LogP contribution >= 0.6 is 19.4 Å². The van der Waals surface area contributed by atoms with Gasteiger partial charge in [-0.25, -0.2) is 0 Å². The van der Waals surface area contributed by atoms with Gasteiger partial charge in [0, 0.05) is 13.1 Å². The van der Waals surface area contributed by atoms with E-state index in [4.69, 9.17) is 19.4 Å². The van der Waals surface area contributed by atoms with Crippen molar-refractivity contribution in [2.75, 3.05) is 39.3 Å². The molecule has 0 atom stereocenters. The van der Waals surface area contributed by atoms with E-state index in [2.05, 4.69) is 37.5 Å². The Bertz CT molecular complexity index is 97.6. The molecule has 0 saturated heterocycles. The molecule has 0 bridgehead atoms. The molecule has 0 aromatic heterocycles. The van der Waals surface area contributed by atoms with Gasteiger partial charge in [0.05, 0.1) is 0 Å². The Balaban J connectivity index is 0. The van der Waals surface area contributed by atoms with Crippen LogP contribution in [0.3, 0.4) is 0 Å². The van der Waals surface area contributed by atoms with Gasteiger partial charge in [-0.1, -0.05) is 27.7 Å². The van der Waals surface area contributed by atoms with E-state index in [1.54, 1.807) is 0 Å². The molecule has 0 rings (SSSR count). The minimum atomic E-state index is -0.931. The van der Waals surface area contributed by atoms with E-state index in [-0.39, 0.29) is 0 Å². The van der Waals surface area contributed by atoms with Gasteiger partial charge in [-0.15, -0.1) is 0 Å². The van der Waals surface area contributed by atoms with Crippen LogP contribution in [0.2, 0.25) is 0 Å². The summed E-state index contributed by atoms with van der Waals surface area (Å²) in [5.74, 6) is 0. The zero-order chi connectivity index (χ0) is 12.1. The molecule has 0 unspecified atom stereocenters. The number of likely N-dealkylation sites (N-methyl/N-ethyl adjacent to an activating group) is 2. The van der Waals surface area contributed by atoms with Crippen LogP contribution < -0.4 is 0 Å². The molecule has 0 aliphatic heterocycles. The summed E-state index contributed by atoms with van der Waals surface area (Å²) in [6, 6.07) is 0. The summed E-state index contributed by atoms with van der Waals surface area (Å²) in [6.45, 7) is 16.1. The average Bonchev–Trinajstić information content (AvgIpc) is 2.26. The molecule has 0 aromatic rings. The zero-order valence-electron chi connectivity index (χ0n) is 10.6. The summed E-state index contributed by atoms with van der Waals surface area (Å²) in [5, 5.41) is 0. The van der Waals surface area contributed by atoms with Gasteiger partial charge >= 0.3 is 34.5 Å². The van der Waals surface area contributed by atoms with E-state index in [0.717, 1.165) is 0 Å². The Hall–Kier alpha value is 1.12. The first-order valence-corrected chi connectivity index (χ1v) is 13.6. The topological polar surface area (TPSA) is 6.48 Å². The Morgan fingerprint density at radius 3 is 1.07 bits per heavy atom. The second-order valence-corrected chi connectivity index (χ2v) is 7.78. The molecule has 0 aliphatic rings. The standard InChI is InChI=1S/C10H24N2.2ClH.Zn/c1-5-11(6-2)9-10-12(7-3)8-4;;;/h5-10H2,1-4H3;2*1H;/q;;;+2/p-2. The molecule has 0 fully saturated rings. The molecule has 0 amide bonds. The van der Waals surface area contributed by atoms with Crippen LogP contribution in [0, 0.1) is 0 Å². The fourth-order valence-electron chi connectivity index (χ4n) is 1.36. The summed E-state index contributed by atoms with van der Waals surface area (Å²) in [6.07, 6.45) is 0. The van der Waals surface area contributed by atoms with Gasteiger partial charge in [0.15, 0.2) is 0 Å². The monoisotopic (exact) mass is 306 g/mol. The average molecular weight is 309 g/mol. The fourth-order valence-corrected chi connectivity index (χ4v) is 1.36. The molecule has 0 N–H and O–H groups in total. The van der Waals surface area contributed by atoms with Crippen molar-refractivity contribution in [3.8, 4) is 0 Å². The predicted molar refractivity (Wildman–Crippen MR) is 67.3 cm³/mol. The van der Waals surface area contributed by atoms with Crippen molar-refractivity contribution >= 4 is 19.4 Å². The van der Waals surface area contributed by atoms with E-state index >= 15 is 0 Å². The van der Waals surface area contributed by atoms with Crippen LogP contribution in [0.25, 0.3) is 0 Å². The predicted octanol–water partition coefficient (Wildman–Crippen LogP) is 3.05. The van der Waals surface area contributed by atoms with Gasteiger partial charge < -0.3 is 9.80 Å². The maximum atomic E-state index is 4.95. The van der Waals surface area contributed by atoms with E-state index < -0.39 is 15.1 Å². The summed E-state index contributed by atoms with van der Waals surface area (Å²) >= 11 is -0.931. The summed E-state index contributed by atoms with van der Waals surface area (Å²) < 4.78 is 0. The molecule has 0 aliphatic carbocycles. The van der Waals surface area contributed by atoms with Crippen LogP contribution in [0.15, 0.2) is 0 Å². The summed E-state index contributed by atoms with van der Waals surface area (Å²) in [4.78, 5) is 4.94. The fraction of sp³-hybridized carbons (Fsp3) is 1.00. The first-order valence-electron chi connectivity index (χ1n) is 5.76. The van der Waals surface area contributed by atoms with Crippen LogP contribution in [0.4, 0.5) is 0 Å². The van der Waals surface area contributed by atoms with Gasteiger partial charge in [-0.2, -0.15) is 0 Å². The Kier molecular flexibility index (Phi) is 18.6. The normalized spacial score (nSPS) is 9.87. The molecule has 0 aromatic carbocycles.